The van der Waals surface area contributed by atoms with E-state index in [4.69, 9.17) is 0 Å². The van der Waals surface area contributed by atoms with Crippen LogP contribution in [0.4, 0.5) is 0 Å². The van der Waals surface area contributed by atoms with E-state index >= 15 is 0 Å². The van der Waals surface area contributed by atoms with Crippen LogP contribution in [0.15, 0.2) is 0 Å². The summed E-state index contributed by atoms with van der Waals surface area (Å²) in [6.45, 7) is -2.87. The first-order valence-electron chi connectivity index (χ1n) is 9.46. The Morgan fingerprint density at radius 1 is 0.419 bits per heavy atom. The molecule has 0 aliphatic carbocycles. The molecule has 0 rings (SSSR count). The maximum Gasteiger partial charge on any atom is 0.355 e. The van der Waals surface area contributed by atoms with Crippen LogP contribution in [-0.2, 0) is 41.3 Å². The lowest BCUT2D eigenvalue weighted by Gasteiger charge is -2.44. The summed E-state index contributed by atoms with van der Waals surface area (Å²) in [5.41, 5.74) is -17.4. The summed E-state index contributed by atoms with van der Waals surface area (Å²) in [5.74, 6) is -3.10. The molecule has 0 aromatic carbocycles. The fraction of sp³-hybridized carbons (Fsp3) is 0.857. The lowest BCUT2D eigenvalue weighted by molar-refractivity contribution is -0.144. The Morgan fingerprint density at radius 3 is 0.744 bits per heavy atom. The molecule has 0 aromatic heterocycles. The van der Waals surface area contributed by atoms with Gasteiger partial charge < -0.3 is 83.4 Å². The van der Waals surface area contributed by atoms with Crippen LogP contribution in [-0.4, -0.2) is 134 Å². The summed E-state index contributed by atoms with van der Waals surface area (Å²) >= 11 is 0. The third-order valence-corrected chi connectivity index (χ3v) is 18.8. The third kappa shape index (κ3) is 12.0. The normalized spacial score (nSPS) is 16.2. The van der Waals surface area contributed by atoms with E-state index in [0.29, 0.717) is 0 Å². The number of aliphatic carboxylic acids is 1. The largest absolute Gasteiger partial charge is 0.480 e. The van der Waals surface area contributed by atoms with Crippen LogP contribution < -0.4 is 0 Å². The molecule has 0 aliphatic heterocycles. The van der Waals surface area contributed by atoms with E-state index in [-0.39, 0.29) is 0 Å². The van der Waals surface area contributed by atoms with Crippen molar-refractivity contribution in [2.75, 3.05) is 6.54 Å². The molecule has 0 radical (unpaired) electrons. The van der Waals surface area contributed by atoms with Gasteiger partial charge >= 0.3 is 66.7 Å². The number of carboxylic acid groups (broad SMARTS) is 1. The average Bonchev–Trinajstić information content (AvgIpc) is 2.55. The van der Waals surface area contributed by atoms with Crippen molar-refractivity contribution in [1.82, 2.24) is 9.80 Å². The van der Waals surface area contributed by atoms with Gasteiger partial charge in [0.15, 0.2) is 0 Å². The van der Waals surface area contributed by atoms with Crippen LogP contribution in [0.25, 0.3) is 0 Å². The third-order valence-electron chi connectivity index (χ3n) is 4.56. The molecule has 0 aliphatic rings. The Bertz CT molecular complexity index is 1240. The summed E-state index contributed by atoms with van der Waals surface area (Å²) in [7, 11) is -54.7. The summed E-state index contributed by atoms with van der Waals surface area (Å²) in [4.78, 5) is 161. The van der Waals surface area contributed by atoms with E-state index in [9.17, 15) is 125 Å². The summed E-state index contributed by atoms with van der Waals surface area (Å²) in [6.07, 6.45) is 0. The van der Waals surface area contributed by atoms with Gasteiger partial charge in [0.2, 0.25) is 22.1 Å². The summed E-state index contributed by atoms with van der Waals surface area (Å²) < 4.78 is 96.2. The molecule has 0 fully saturated rings. The zero-order chi connectivity index (χ0) is 35.3. The van der Waals surface area contributed by atoms with Crippen molar-refractivity contribution in [3.63, 3.8) is 0 Å². The highest BCUT2D eigenvalue weighted by Crippen LogP contribution is 2.71. The number of carbonyl (C=O) groups is 1. The Labute approximate surface area is 236 Å². The van der Waals surface area contributed by atoms with E-state index in [0.717, 1.165) is 0 Å². The van der Waals surface area contributed by atoms with Crippen LogP contribution in [0.2, 0.25) is 0 Å². The van der Waals surface area contributed by atoms with E-state index < -0.39 is 111 Å². The summed E-state index contributed by atoms with van der Waals surface area (Å²) in [6, 6.07) is -4.03. The lowest BCUT2D eigenvalue weighted by Crippen LogP contribution is -2.58. The molecule has 1 atom stereocenters. The fourth-order valence-corrected chi connectivity index (χ4v) is 15.6. The monoisotopic (exact) mass is 800 g/mol. The van der Waals surface area contributed by atoms with Gasteiger partial charge in [-0.15, -0.1) is 0 Å². The molecule has 43 heavy (non-hydrogen) atoms. The maximum absolute atomic E-state index is 12.2. The molecular formula is C7H24N2O26P8. The standard InChI is InChI=1S/C7H24N2O26P8/c10-3(11)2(9(6(40(24,25)26)41(27,28)29)7(42(30,31)32)43(33,34)35)1-8(4(36(12,13)14)37(15,16)17)5(38(18,19)20)39(21,22)23/h2,4-7H,1H2,(H,10,11)(H2,12,13,14)(H2,15,16,17)(H2,18,19,20)(H2,21,22,23)(H2,24,25,26)(H2,27,28,29)(H2,30,31,32)(H2,33,34,35). The van der Waals surface area contributed by atoms with E-state index in [1.54, 1.807) is 0 Å². The van der Waals surface area contributed by atoms with Crippen molar-refractivity contribution in [3.05, 3.63) is 0 Å². The molecule has 17 N–H and O–H groups in total. The van der Waals surface area contributed by atoms with Crippen molar-refractivity contribution in [1.29, 1.82) is 0 Å². The predicted octanol–water partition coefficient (Wildman–Crippen LogP) is -4.40. The van der Waals surface area contributed by atoms with Crippen LogP contribution in [0, 0.1) is 0 Å². The molecule has 1 unspecified atom stereocenters. The molecule has 0 amide bonds. The zero-order valence-electron chi connectivity index (χ0n) is 19.8. The van der Waals surface area contributed by atoms with Crippen molar-refractivity contribution in [3.8, 4) is 0 Å². The van der Waals surface area contributed by atoms with Gasteiger partial charge in [0.25, 0.3) is 0 Å². The average molecular weight is 800 g/mol. The van der Waals surface area contributed by atoms with Gasteiger partial charge in [-0.05, 0) is 0 Å². The van der Waals surface area contributed by atoms with Crippen LogP contribution in [0.1, 0.15) is 0 Å². The molecule has 36 heteroatoms. The van der Waals surface area contributed by atoms with Crippen molar-refractivity contribution >= 4 is 66.7 Å². The Kier molecular flexibility index (Phi) is 13.8. The Morgan fingerprint density at radius 2 is 0.605 bits per heavy atom. The molecule has 28 nitrogen and oxygen atoms in total. The highest BCUT2D eigenvalue weighted by Gasteiger charge is 2.64. The molecule has 0 heterocycles. The number of hydrogen-bond acceptors (Lipinski definition) is 11. The van der Waals surface area contributed by atoms with Gasteiger partial charge in [0, 0.05) is 6.54 Å². The van der Waals surface area contributed by atoms with Gasteiger partial charge in [-0.3, -0.25) is 46.2 Å². The minimum absolute atomic E-state index is 1.40. The van der Waals surface area contributed by atoms with Crippen LogP contribution in [0.3, 0.4) is 0 Å². The quantitative estimate of drug-likeness (QED) is 0.0655. The Hall–Kier alpha value is 0.590. The lowest BCUT2D eigenvalue weighted by atomic mass is 10.2. The van der Waals surface area contributed by atoms with Crippen LogP contribution >= 0.6 is 60.8 Å². The van der Waals surface area contributed by atoms with Crippen LogP contribution in [0.5, 0.6) is 0 Å². The number of hydrogen-bond donors (Lipinski definition) is 17. The molecule has 0 saturated carbocycles. The topological polar surface area (TPSA) is 504 Å². The van der Waals surface area contributed by atoms with Gasteiger partial charge in [-0.1, -0.05) is 0 Å². The van der Waals surface area contributed by atoms with E-state index in [1.165, 1.54) is 0 Å². The SMILES string of the molecule is O=C(O)C(CN(C(P(=O)(O)O)P(=O)(O)O)C(P(=O)(O)O)P(=O)(O)O)N(C(P(=O)(O)O)P(=O)(O)O)C(P(=O)(O)O)P(=O)(O)O. The number of carboxylic acids is 1. The molecule has 0 bridgehead atoms. The minimum atomic E-state index is -6.88. The first-order chi connectivity index (χ1) is 18.3. The zero-order valence-corrected chi connectivity index (χ0v) is 27.0. The molecule has 0 spiro atoms. The fourth-order valence-electron chi connectivity index (χ4n) is 3.50. The van der Waals surface area contributed by atoms with Crippen molar-refractivity contribution < 1.29 is 125 Å². The smallest absolute Gasteiger partial charge is 0.355 e. The first kappa shape index (κ1) is 43.6. The number of rotatable bonds is 16. The maximum atomic E-state index is 12.2. The molecule has 258 valence electrons. The molecule has 0 aromatic rings. The van der Waals surface area contributed by atoms with Gasteiger partial charge in [0.1, 0.15) is 6.04 Å². The highest BCUT2D eigenvalue weighted by atomic mass is 31.3. The van der Waals surface area contributed by atoms with Crippen molar-refractivity contribution in [2.45, 2.75) is 28.1 Å². The predicted molar refractivity (Wildman–Crippen MR) is 131 cm³/mol. The minimum Gasteiger partial charge on any atom is -0.480 e. The molecular weight excluding hydrogens is 776 g/mol. The van der Waals surface area contributed by atoms with E-state index in [2.05, 4.69) is 0 Å². The van der Waals surface area contributed by atoms with Gasteiger partial charge in [0.05, 0.1) is 0 Å². The van der Waals surface area contributed by atoms with Gasteiger partial charge in [-0.25, -0.2) is 4.90 Å². The summed E-state index contributed by atoms with van der Waals surface area (Å²) in [5, 5.41) is 9.67. The van der Waals surface area contributed by atoms with Crippen molar-refractivity contribution in [2.24, 2.45) is 0 Å². The van der Waals surface area contributed by atoms with Gasteiger partial charge in [-0.2, -0.15) is 0 Å². The first-order valence-corrected chi connectivity index (χ1v) is 22.9. The second-order valence-corrected chi connectivity index (χ2v) is 23.1. The Balaban J connectivity index is 8.49. The highest BCUT2D eigenvalue weighted by molar-refractivity contribution is 7.73. The molecule has 0 saturated heterocycles. The second-order valence-electron chi connectivity index (χ2n) is 8.10. The second kappa shape index (κ2) is 13.6. The number of nitrogens with zero attached hydrogens (tertiary/aromatic N) is 2. The van der Waals surface area contributed by atoms with E-state index in [1.807, 2.05) is 0 Å².